The minimum Gasteiger partial charge on any atom is -0.483 e. The number of carbonyl (C=O) groups excluding carboxylic acids is 1. The van der Waals surface area contributed by atoms with E-state index in [-0.39, 0.29) is 29.8 Å². The normalized spacial score (nSPS) is 11.8. The molecule has 1 aromatic carbocycles. The zero-order valence-corrected chi connectivity index (χ0v) is 17.6. The molecule has 2 radical (unpaired) electrons. The Morgan fingerprint density at radius 1 is 1.24 bits per heavy atom. The molecule has 0 atom stereocenters. The van der Waals surface area contributed by atoms with Crippen molar-refractivity contribution >= 4 is 35.1 Å². The molecule has 0 spiro atoms. The molecule has 1 aromatic heterocycles. The van der Waals surface area contributed by atoms with Gasteiger partial charge in [-0.05, 0) is 29.8 Å². The minimum atomic E-state index is -3.58. The minimum absolute atomic E-state index is 0.0506. The van der Waals surface area contributed by atoms with Gasteiger partial charge in [-0.25, -0.2) is 12.8 Å². The van der Waals surface area contributed by atoms with E-state index in [9.17, 15) is 17.6 Å². The Bertz CT molecular complexity index is 1010. The van der Waals surface area contributed by atoms with E-state index < -0.39 is 21.7 Å². The van der Waals surface area contributed by atoms with E-state index >= 15 is 0 Å². The van der Waals surface area contributed by atoms with Gasteiger partial charge in [0.25, 0.3) is 5.91 Å². The van der Waals surface area contributed by atoms with Crippen LogP contribution >= 0.6 is 0 Å². The lowest BCUT2D eigenvalue weighted by Crippen LogP contribution is -2.30. The second kappa shape index (κ2) is 8.81. The van der Waals surface area contributed by atoms with Crippen LogP contribution in [0.3, 0.4) is 0 Å². The SMILES string of the molecule is [B]c1nc(C(C)(C)C)ccc1OCC(=O)NCc1ccc(NS(C)(=O)=O)c(F)c1. The first-order valence-corrected chi connectivity index (χ1v) is 10.7. The van der Waals surface area contributed by atoms with E-state index in [0.717, 1.165) is 18.0 Å². The Hall–Kier alpha value is -2.62. The number of nitrogens with one attached hydrogen (secondary N) is 2. The van der Waals surface area contributed by atoms with Crippen molar-refractivity contribution in [3.8, 4) is 5.75 Å². The third-order valence-corrected chi connectivity index (χ3v) is 4.42. The van der Waals surface area contributed by atoms with Crippen LogP contribution in [-0.4, -0.2) is 40.0 Å². The molecule has 0 saturated carbocycles. The zero-order chi connectivity index (χ0) is 21.8. The predicted octanol–water partition coefficient (Wildman–Crippen LogP) is 1.38. The number of benzene rings is 1. The fourth-order valence-electron chi connectivity index (χ4n) is 2.35. The van der Waals surface area contributed by atoms with Gasteiger partial charge in [0, 0.05) is 23.2 Å². The first-order valence-electron chi connectivity index (χ1n) is 8.78. The fraction of sp³-hybridized carbons (Fsp3) is 0.368. The van der Waals surface area contributed by atoms with Gasteiger partial charge in [-0.3, -0.25) is 14.5 Å². The molecule has 0 fully saturated rings. The lowest BCUT2D eigenvalue weighted by Gasteiger charge is -2.19. The number of halogens is 1. The quantitative estimate of drug-likeness (QED) is 0.661. The number of carbonyl (C=O) groups is 1. The summed E-state index contributed by atoms with van der Waals surface area (Å²) >= 11 is 0. The second-order valence-corrected chi connectivity index (χ2v) is 9.33. The standard InChI is InChI=1S/C19H23BFN3O4S/c1-19(2,3)16-8-7-15(18(20)23-16)28-11-17(25)22-10-12-5-6-14(13(21)9-12)24-29(4,26)27/h5-9,24H,10-11H2,1-4H3,(H,22,25). The smallest absolute Gasteiger partial charge is 0.258 e. The Balaban J connectivity index is 1.90. The number of ether oxygens (including phenoxy) is 1. The number of sulfonamides is 1. The molecule has 7 nitrogen and oxygen atoms in total. The molecule has 29 heavy (non-hydrogen) atoms. The lowest BCUT2D eigenvalue weighted by atomic mass is 9.90. The highest BCUT2D eigenvalue weighted by Gasteiger charge is 2.16. The van der Waals surface area contributed by atoms with Gasteiger partial charge in [0.1, 0.15) is 19.4 Å². The average molecular weight is 419 g/mol. The number of pyridine rings is 1. The molecular formula is C19H23BFN3O4S. The van der Waals surface area contributed by atoms with E-state index in [0.29, 0.717) is 11.3 Å². The molecule has 0 aliphatic carbocycles. The Morgan fingerprint density at radius 2 is 1.93 bits per heavy atom. The van der Waals surface area contributed by atoms with E-state index in [4.69, 9.17) is 12.6 Å². The fourth-order valence-corrected chi connectivity index (χ4v) is 2.91. The number of nitrogens with zero attached hydrogens (tertiary/aromatic N) is 1. The highest BCUT2D eigenvalue weighted by atomic mass is 32.2. The molecule has 0 unspecified atom stereocenters. The summed E-state index contributed by atoms with van der Waals surface area (Å²) in [7, 11) is 2.31. The van der Waals surface area contributed by atoms with Crippen LogP contribution in [0.5, 0.6) is 5.75 Å². The van der Waals surface area contributed by atoms with Crippen LogP contribution in [0.25, 0.3) is 0 Å². The molecule has 0 saturated heterocycles. The molecule has 2 rings (SSSR count). The van der Waals surface area contributed by atoms with Crippen LogP contribution < -0.4 is 20.4 Å². The van der Waals surface area contributed by atoms with Crippen molar-refractivity contribution < 1.29 is 22.3 Å². The topological polar surface area (TPSA) is 97.4 Å². The van der Waals surface area contributed by atoms with Crippen molar-refractivity contribution in [2.45, 2.75) is 32.7 Å². The molecule has 0 aliphatic heterocycles. The third-order valence-electron chi connectivity index (χ3n) is 3.83. The number of rotatable bonds is 7. The number of hydrogen-bond donors (Lipinski definition) is 2. The summed E-state index contributed by atoms with van der Waals surface area (Å²) in [5.41, 5.74) is 1.15. The van der Waals surface area contributed by atoms with E-state index in [1.807, 2.05) is 20.8 Å². The molecule has 0 aliphatic rings. The van der Waals surface area contributed by atoms with Crippen LogP contribution in [0, 0.1) is 5.82 Å². The third kappa shape index (κ3) is 7.05. The summed E-state index contributed by atoms with van der Waals surface area (Å²) in [6.45, 7) is 5.80. The Labute approximate surface area is 171 Å². The molecule has 10 heteroatoms. The first-order chi connectivity index (χ1) is 13.3. The molecule has 1 amide bonds. The summed E-state index contributed by atoms with van der Waals surface area (Å²) < 4.78 is 43.8. The van der Waals surface area contributed by atoms with Gasteiger partial charge in [-0.15, -0.1) is 0 Å². The zero-order valence-electron chi connectivity index (χ0n) is 16.7. The average Bonchev–Trinajstić information content (AvgIpc) is 2.59. The predicted molar refractivity (Wildman–Crippen MR) is 111 cm³/mol. The molecule has 0 bridgehead atoms. The van der Waals surface area contributed by atoms with Crippen molar-refractivity contribution in [2.24, 2.45) is 0 Å². The number of anilines is 1. The van der Waals surface area contributed by atoms with Crippen molar-refractivity contribution in [3.05, 3.63) is 47.4 Å². The van der Waals surface area contributed by atoms with Crippen LogP contribution in [0.4, 0.5) is 10.1 Å². The summed E-state index contributed by atoms with van der Waals surface area (Å²) in [6.07, 6.45) is 0.930. The van der Waals surface area contributed by atoms with Crippen molar-refractivity contribution in [1.82, 2.24) is 10.3 Å². The lowest BCUT2D eigenvalue weighted by molar-refractivity contribution is -0.123. The Kier molecular flexibility index (Phi) is 6.89. The van der Waals surface area contributed by atoms with Crippen molar-refractivity contribution in [2.75, 3.05) is 17.6 Å². The number of hydrogen-bond acceptors (Lipinski definition) is 5. The summed E-state index contributed by atoms with van der Waals surface area (Å²) in [5.74, 6) is -0.866. The van der Waals surface area contributed by atoms with Gasteiger partial charge in [-0.2, -0.15) is 0 Å². The van der Waals surface area contributed by atoms with Crippen LogP contribution in [0.15, 0.2) is 30.3 Å². The molecular weight excluding hydrogens is 396 g/mol. The van der Waals surface area contributed by atoms with Gasteiger partial charge in [0.2, 0.25) is 10.0 Å². The van der Waals surface area contributed by atoms with Gasteiger partial charge in [0.05, 0.1) is 11.9 Å². The largest absolute Gasteiger partial charge is 0.483 e. The Morgan fingerprint density at radius 3 is 2.48 bits per heavy atom. The number of aromatic nitrogens is 1. The summed E-state index contributed by atoms with van der Waals surface area (Å²) in [4.78, 5) is 16.3. The monoisotopic (exact) mass is 419 g/mol. The maximum atomic E-state index is 13.9. The van der Waals surface area contributed by atoms with Crippen molar-refractivity contribution in [3.63, 3.8) is 0 Å². The van der Waals surface area contributed by atoms with E-state index in [1.165, 1.54) is 12.1 Å². The van der Waals surface area contributed by atoms with Gasteiger partial charge >= 0.3 is 0 Å². The maximum Gasteiger partial charge on any atom is 0.258 e. The van der Waals surface area contributed by atoms with Crippen LogP contribution in [-0.2, 0) is 26.8 Å². The molecule has 154 valence electrons. The van der Waals surface area contributed by atoms with E-state index in [2.05, 4.69) is 15.0 Å². The van der Waals surface area contributed by atoms with Crippen LogP contribution in [0.1, 0.15) is 32.0 Å². The molecule has 2 N–H and O–H groups in total. The van der Waals surface area contributed by atoms with Gasteiger partial charge < -0.3 is 10.1 Å². The highest BCUT2D eigenvalue weighted by molar-refractivity contribution is 7.92. The van der Waals surface area contributed by atoms with Crippen molar-refractivity contribution in [1.29, 1.82) is 0 Å². The number of amides is 1. The summed E-state index contributed by atoms with van der Waals surface area (Å²) in [6, 6.07) is 7.39. The van der Waals surface area contributed by atoms with Gasteiger partial charge in [-0.1, -0.05) is 26.8 Å². The van der Waals surface area contributed by atoms with E-state index in [1.54, 1.807) is 12.1 Å². The first kappa shape index (κ1) is 22.7. The maximum absolute atomic E-state index is 13.9. The molecule has 1 heterocycles. The summed E-state index contributed by atoms with van der Waals surface area (Å²) in [5, 5.41) is 2.59. The van der Waals surface area contributed by atoms with Crippen LogP contribution in [0.2, 0.25) is 0 Å². The molecule has 2 aromatic rings. The second-order valence-electron chi connectivity index (χ2n) is 7.58. The van der Waals surface area contributed by atoms with Gasteiger partial charge in [0.15, 0.2) is 6.61 Å². The highest BCUT2D eigenvalue weighted by Crippen LogP contribution is 2.20.